The highest BCUT2D eigenvalue weighted by atomic mass is 16.4. The van der Waals surface area contributed by atoms with E-state index in [4.69, 9.17) is 10.8 Å². The third kappa shape index (κ3) is 3.22. The lowest BCUT2D eigenvalue weighted by atomic mass is 10.1. The van der Waals surface area contributed by atoms with Crippen molar-refractivity contribution in [1.82, 2.24) is 4.98 Å². The molecule has 0 saturated carbocycles. The van der Waals surface area contributed by atoms with Gasteiger partial charge < -0.3 is 16.2 Å². The molecule has 19 heavy (non-hydrogen) atoms. The van der Waals surface area contributed by atoms with Gasteiger partial charge >= 0.3 is 5.97 Å². The van der Waals surface area contributed by atoms with E-state index in [0.717, 1.165) is 12.0 Å². The topological polar surface area (TPSA) is 88.2 Å². The van der Waals surface area contributed by atoms with Gasteiger partial charge in [0.2, 0.25) is 0 Å². The minimum Gasteiger partial charge on any atom is -0.478 e. The number of nitrogens with two attached hydrogens (primary N) is 1. The third-order valence-corrected chi connectivity index (χ3v) is 2.79. The van der Waals surface area contributed by atoms with Crippen molar-refractivity contribution in [2.75, 3.05) is 17.6 Å². The fourth-order valence-corrected chi connectivity index (χ4v) is 1.83. The fourth-order valence-electron chi connectivity index (χ4n) is 1.83. The molecule has 5 heteroatoms. The second kappa shape index (κ2) is 5.86. The molecule has 0 aliphatic rings. The lowest BCUT2D eigenvalue weighted by Gasteiger charge is -2.12. The predicted molar refractivity (Wildman–Crippen MR) is 74.2 cm³/mol. The van der Waals surface area contributed by atoms with Gasteiger partial charge in [-0.1, -0.05) is 6.07 Å². The van der Waals surface area contributed by atoms with Crippen molar-refractivity contribution in [3.05, 3.63) is 53.9 Å². The molecular weight excluding hydrogens is 242 g/mol. The molecule has 2 rings (SSSR count). The summed E-state index contributed by atoms with van der Waals surface area (Å²) >= 11 is 0. The lowest BCUT2D eigenvalue weighted by Crippen LogP contribution is -2.11. The highest BCUT2D eigenvalue weighted by Gasteiger charge is 2.11. The van der Waals surface area contributed by atoms with Crippen LogP contribution >= 0.6 is 0 Å². The first-order valence-corrected chi connectivity index (χ1v) is 5.93. The largest absolute Gasteiger partial charge is 0.478 e. The summed E-state index contributed by atoms with van der Waals surface area (Å²) < 4.78 is 0. The van der Waals surface area contributed by atoms with Gasteiger partial charge in [-0.2, -0.15) is 0 Å². The third-order valence-electron chi connectivity index (χ3n) is 2.79. The molecular formula is C14H15N3O2. The van der Waals surface area contributed by atoms with Gasteiger partial charge in [-0.25, -0.2) is 4.79 Å². The molecule has 0 unspecified atom stereocenters. The summed E-state index contributed by atoms with van der Waals surface area (Å²) in [5.41, 5.74) is 8.04. The maximum absolute atomic E-state index is 11.1. The van der Waals surface area contributed by atoms with Crippen LogP contribution in [0.1, 0.15) is 15.9 Å². The molecule has 0 fully saturated rings. The van der Waals surface area contributed by atoms with Crippen molar-refractivity contribution in [1.29, 1.82) is 0 Å². The number of para-hydroxylation sites is 1. The molecule has 4 N–H and O–H groups in total. The van der Waals surface area contributed by atoms with E-state index in [1.807, 2.05) is 12.1 Å². The number of hydrogen-bond acceptors (Lipinski definition) is 4. The van der Waals surface area contributed by atoms with Gasteiger partial charge in [0.25, 0.3) is 0 Å². The molecule has 1 heterocycles. The van der Waals surface area contributed by atoms with E-state index in [9.17, 15) is 4.79 Å². The molecule has 0 radical (unpaired) electrons. The number of carboxylic acid groups (broad SMARTS) is 1. The Bertz CT molecular complexity index is 570. The summed E-state index contributed by atoms with van der Waals surface area (Å²) in [6, 6.07) is 8.70. The normalized spacial score (nSPS) is 10.1. The molecule has 1 aromatic heterocycles. The van der Waals surface area contributed by atoms with Gasteiger partial charge in [0.05, 0.1) is 16.9 Å². The van der Waals surface area contributed by atoms with Crippen molar-refractivity contribution in [2.24, 2.45) is 0 Å². The second-order valence-electron chi connectivity index (χ2n) is 4.11. The monoisotopic (exact) mass is 257 g/mol. The number of rotatable bonds is 5. The van der Waals surface area contributed by atoms with Gasteiger partial charge in [0, 0.05) is 18.9 Å². The van der Waals surface area contributed by atoms with Gasteiger partial charge in [0.1, 0.15) is 0 Å². The van der Waals surface area contributed by atoms with E-state index in [1.54, 1.807) is 24.5 Å². The van der Waals surface area contributed by atoms with Crippen molar-refractivity contribution >= 4 is 17.3 Å². The number of carboxylic acids is 1. The molecule has 0 bridgehead atoms. The number of carbonyl (C=O) groups is 1. The van der Waals surface area contributed by atoms with Crippen LogP contribution in [0.4, 0.5) is 11.4 Å². The van der Waals surface area contributed by atoms with Crippen LogP contribution in [-0.2, 0) is 6.42 Å². The number of nitrogen functional groups attached to an aromatic ring is 1. The van der Waals surface area contributed by atoms with E-state index < -0.39 is 5.97 Å². The number of benzene rings is 1. The summed E-state index contributed by atoms with van der Waals surface area (Å²) in [6.45, 7) is 0.610. The minimum atomic E-state index is -0.987. The Hall–Kier alpha value is -2.56. The van der Waals surface area contributed by atoms with Crippen LogP contribution < -0.4 is 11.1 Å². The van der Waals surface area contributed by atoms with Crippen LogP contribution in [0.25, 0.3) is 0 Å². The molecule has 0 atom stereocenters. The molecule has 98 valence electrons. The van der Waals surface area contributed by atoms with Crippen molar-refractivity contribution < 1.29 is 9.90 Å². The molecule has 0 saturated heterocycles. The van der Waals surface area contributed by atoms with Gasteiger partial charge in [-0.15, -0.1) is 0 Å². The highest BCUT2D eigenvalue weighted by Crippen LogP contribution is 2.23. The van der Waals surface area contributed by atoms with Crippen LogP contribution in [0.3, 0.4) is 0 Å². The number of nitrogens with one attached hydrogen (secondary N) is 1. The van der Waals surface area contributed by atoms with E-state index in [-0.39, 0.29) is 5.56 Å². The number of aromatic carboxylic acids is 1. The molecule has 1 aromatic carbocycles. The second-order valence-corrected chi connectivity index (χ2v) is 4.11. The highest BCUT2D eigenvalue weighted by molar-refractivity contribution is 5.97. The SMILES string of the molecule is Nc1cccc(C(=O)O)c1NCCc1ccncc1. The van der Waals surface area contributed by atoms with E-state index in [0.29, 0.717) is 17.9 Å². The zero-order valence-corrected chi connectivity index (χ0v) is 10.3. The molecule has 0 aliphatic carbocycles. The van der Waals surface area contributed by atoms with Gasteiger partial charge in [0.15, 0.2) is 0 Å². The Kier molecular flexibility index (Phi) is 3.97. The first-order valence-electron chi connectivity index (χ1n) is 5.93. The number of pyridine rings is 1. The summed E-state index contributed by atoms with van der Waals surface area (Å²) in [4.78, 5) is 15.0. The zero-order chi connectivity index (χ0) is 13.7. The fraction of sp³-hybridized carbons (Fsp3) is 0.143. The summed E-state index contributed by atoms with van der Waals surface area (Å²) in [5.74, 6) is -0.987. The quantitative estimate of drug-likeness (QED) is 0.713. The molecule has 0 spiro atoms. The zero-order valence-electron chi connectivity index (χ0n) is 10.3. The van der Waals surface area contributed by atoms with Gasteiger partial charge in [-0.05, 0) is 36.2 Å². The Labute approximate surface area is 111 Å². The van der Waals surface area contributed by atoms with E-state index in [1.165, 1.54) is 6.07 Å². The molecule has 2 aromatic rings. The van der Waals surface area contributed by atoms with Crippen molar-refractivity contribution in [2.45, 2.75) is 6.42 Å². The van der Waals surface area contributed by atoms with Crippen LogP contribution in [0.15, 0.2) is 42.7 Å². The number of hydrogen-bond donors (Lipinski definition) is 3. The number of anilines is 2. The Morgan fingerprint density at radius 1 is 1.26 bits per heavy atom. The Morgan fingerprint density at radius 2 is 2.00 bits per heavy atom. The maximum Gasteiger partial charge on any atom is 0.337 e. The Balaban J connectivity index is 2.05. The molecule has 0 amide bonds. The average Bonchev–Trinajstić information content (AvgIpc) is 2.41. The van der Waals surface area contributed by atoms with Crippen LogP contribution in [0, 0.1) is 0 Å². The van der Waals surface area contributed by atoms with E-state index in [2.05, 4.69) is 10.3 Å². The smallest absolute Gasteiger partial charge is 0.337 e. The summed E-state index contributed by atoms with van der Waals surface area (Å²) in [7, 11) is 0. The average molecular weight is 257 g/mol. The first kappa shape index (κ1) is 12.9. The number of aromatic nitrogens is 1. The van der Waals surface area contributed by atoms with E-state index >= 15 is 0 Å². The maximum atomic E-state index is 11.1. The van der Waals surface area contributed by atoms with Crippen molar-refractivity contribution in [3.63, 3.8) is 0 Å². The summed E-state index contributed by atoms with van der Waals surface area (Å²) in [5, 5.41) is 12.2. The molecule has 0 aliphatic heterocycles. The van der Waals surface area contributed by atoms with Crippen LogP contribution in [0.5, 0.6) is 0 Å². The predicted octanol–water partition coefficient (Wildman–Crippen LogP) is 2.02. The van der Waals surface area contributed by atoms with Gasteiger partial charge in [-0.3, -0.25) is 4.98 Å². The van der Waals surface area contributed by atoms with Crippen LogP contribution in [-0.4, -0.2) is 22.6 Å². The summed E-state index contributed by atoms with van der Waals surface area (Å²) in [6.07, 6.45) is 4.24. The Morgan fingerprint density at radius 3 is 2.68 bits per heavy atom. The van der Waals surface area contributed by atoms with Crippen molar-refractivity contribution in [3.8, 4) is 0 Å². The lowest BCUT2D eigenvalue weighted by molar-refractivity contribution is 0.0698. The number of nitrogens with zero attached hydrogens (tertiary/aromatic N) is 1. The minimum absolute atomic E-state index is 0.190. The standard InChI is InChI=1S/C14H15N3O2/c15-12-3-1-2-11(14(18)19)13(12)17-9-6-10-4-7-16-8-5-10/h1-5,7-8,17H,6,9,15H2,(H,18,19). The molecule has 5 nitrogen and oxygen atoms in total. The van der Waals surface area contributed by atoms with Crippen LogP contribution in [0.2, 0.25) is 0 Å². The first-order chi connectivity index (χ1) is 9.18.